The van der Waals surface area contributed by atoms with E-state index < -0.39 is 5.82 Å². The quantitative estimate of drug-likeness (QED) is 0.664. The molecule has 1 amide bonds. The van der Waals surface area contributed by atoms with E-state index in [1.54, 1.807) is 29.2 Å². The number of nitrogens with one attached hydrogen (secondary N) is 1. The summed E-state index contributed by atoms with van der Waals surface area (Å²) in [6.45, 7) is 2.54. The third-order valence-corrected chi connectivity index (χ3v) is 5.54. The van der Waals surface area contributed by atoms with Gasteiger partial charge in [0.2, 0.25) is 0 Å². The maximum absolute atomic E-state index is 14.0. The lowest BCUT2D eigenvalue weighted by atomic mass is 9.96. The van der Waals surface area contributed by atoms with Gasteiger partial charge in [0.05, 0.1) is 18.7 Å². The van der Waals surface area contributed by atoms with E-state index >= 15 is 0 Å². The Hall–Kier alpha value is -2.80. The highest BCUT2D eigenvalue weighted by Gasteiger charge is 2.33. The van der Waals surface area contributed by atoms with Gasteiger partial charge in [0.15, 0.2) is 17.1 Å². The Kier molecular flexibility index (Phi) is 5.32. The van der Waals surface area contributed by atoms with Crippen LogP contribution in [0.4, 0.5) is 10.4 Å². The second-order valence-electron chi connectivity index (χ2n) is 7.08. The Morgan fingerprint density at radius 1 is 1.38 bits per heavy atom. The number of anilines is 1. The van der Waals surface area contributed by atoms with Gasteiger partial charge in [-0.1, -0.05) is 17.7 Å². The van der Waals surface area contributed by atoms with E-state index in [0.29, 0.717) is 28.7 Å². The SMILES string of the molecule is COc1c(F)cccc1C(=O)N1CCCC(Nc2nc3cc(Cl)ccc3o2)C1C. The molecular formula is C21H21ClFN3O3. The maximum Gasteiger partial charge on any atom is 0.295 e. The number of oxazole rings is 1. The van der Waals surface area contributed by atoms with Crippen LogP contribution >= 0.6 is 11.6 Å². The molecule has 152 valence electrons. The Morgan fingerprint density at radius 3 is 3.00 bits per heavy atom. The monoisotopic (exact) mass is 417 g/mol. The fraction of sp³-hybridized carbons (Fsp3) is 0.333. The van der Waals surface area contributed by atoms with Crippen molar-refractivity contribution in [3.05, 3.63) is 52.8 Å². The number of para-hydroxylation sites is 1. The molecule has 0 saturated carbocycles. The van der Waals surface area contributed by atoms with Crippen molar-refractivity contribution in [2.45, 2.75) is 31.8 Å². The first-order valence-corrected chi connectivity index (χ1v) is 9.82. The van der Waals surface area contributed by atoms with Gasteiger partial charge >= 0.3 is 0 Å². The lowest BCUT2D eigenvalue weighted by Crippen LogP contribution is -2.52. The maximum atomic E-state index is 14.0. The number of carbonyl (C=O) groups excluding carboxylic acids is 1. The lowest BCUT2D eigenvalue weighted by molar-refractivity contribution is 0.0611. The van der Waals surface area contributed by atoms with Gasteiger partial charge in [-0.3, -0.25) is 4.79 Å². The van der Waals surface area contributed by atoms with Crippen LogP contribution in [0.1, 0.15) is 30.1 Å². The topological polar surface area (TPSA) is 67.6 Å². The summed E-state index contributed by atoms with van der Waals surface area (Å²) < 4.78 is 24.9. The molecule has 1 fully saturated rings. The number of rotatable bonds is 4. The van der Waals surface area contributed by atoms with Crippen LogP contribution < -0.4 is 10.1 Å². The Labute approximate surface area is 172 Å². The number of carbonyl (C=O) groups is 1. The van der Waals surface area contributed by atoms with Gasteiger partial charge in [-0.2, -0.15) is 4.98 Å². The van der Waals surface area contributed by atoms with Gasteiger partial charge in [0, 0.05) is 17.6 Å². The number of benzene rings is 2. The highest BCUT2D eigenvalue weighted by Crippen LogP contribution is 2.29. The summed E-state index contributed by atoms with van der Waals surface area (Å²) in [6.07, 6.45) is 1.65. The number of ether oxygens (including phenoxy) is 1. The molecule has 3 aromatic rings. The third-order valence-electron chi connectivity index (χ3n) is 5.31. The minimum absolute atomic E-state index is 0.0318. The number of methoxy groups -OCH3 is 1. The molecule has 2 heterocycles. The number of hydrogen-bond acceptors (Lipinski definition) is 5. The number of likely N-dealkylation sites (tertiary alicyclic amines) is 1. The van der Waals surface area contributed by atoms with Crippen LogP contribution in [0.15, 0.2) is 40.8 Å². The van der Waals surface area contributed by atoms with E-state index in [9.17, 15) is 9.18 Å². The Morgan fingerprint density at radius 2 is 2.21 bits per heavy atom. The molecule has 2 unspecified atom stereocenters. The summed E-state index contributed by atoms with van der Waals surface area (Å²) >= 11 is 6.01. The average Bonchev–Trinajstić information content (AvgIpc) is 3.10. The summed E-state index contributed by atoms with van der Waals surface area (Å²) in [5.74, 6) is -0.844. The van der Waals surface area contributed by atoms with Gasteiger partial charge in [0.25, 0.3) is 11.9 Å². The average molecular weight is 418 g/mol. The normalized spacial score (nSPS) is 19.4. The summed E-state index contributed by atoms with van der Waals surface area (Å²) in [5.41, 5.74) is 1.52. The Bertz CT molecular complexity index is 1050. The molecule has 1 aliphatic rings. The Balaban J connectivity index is 1.55. The van der Waals surface area contributed by atoms with Crippen molar-refractivity contribution in [1.82, 2.24) is 9.88 Å². The van der Waals surface area contributed by atoms with E-state index in [4.69, 9.17) is 20.8 Å². The molecule has 1 N–H and O–H groups in total. The fourth-order valence-electron chi connectivity index (χ4n) is 3.78. The molecule has 2 atom stereocenters. The second kappa shape index (κ2) is 7.91. The van der Waals surface area contributed by atoms with Gasteiger partial charge in [-0.05, 0) is 50.1 Å². The largest absolute Gasteiger partial charge is 0.493 e. The van der Waals surface area contributed by atoms with Crippen LogP contribution in [-0.2, 0) is 0 Å². The zero-order valence-electron chi connectivity index (χ0n) is 16.1. The van der Waals surface area contributed by atoms with E-state index in [1.165, 1.54) is 19.2 Å². The molecule has 1 aromatic heterocycles. The second-order valence-corrected chi connectivity index (χ2v) is 7.52. The minimum Gasteiger partial charge on any atom is -0.493 e. The number of fused-ring (bicyclic) bond motifs is 1. The summed E-state index contributed by atoms with van der Waals surface area (Å²) in [5, 5.41) is 3.88. The summed E-state index contributed by atoms with van der Waals surface area (Å²) in [4.78, 5) is 19.3. The molecule has 0 spiro atoms. The molecule has 8 heteroatoms. The van der Waals surface area contributed by atoms with Crippen molar-refractivity contribution >= 4 is 34.6 Å². The number of hydrogen-bond donors (Lipinski definition) is 1. The van der Waals surface area contributed by atoms with Crippen LogP contribution in [0.2, 0.25) is 5.02 Å². The van der Waals surface area contributed by atoms with Gasteiger partial charge in [-0.25, -0.2) is 4.39 Å². The lowest BCUT2D eigenvalue weighted by Gasteiger charge is -2.39. The van der Waals surface area contributed by atoms with Gasteiger partial charge in [-0.15, -0.1) is 0 Å². The molecule has 6 nitrogen and oxygen atoms in total. The van der Waals surface area contributed by atoms with E-state index in [1.807, 2.05) is 6.92 Å². The van der Waals surface area contributed by atoms with Crippen LogP contribution in [-0.4, -0.2) is 41.5 Å². The summed E-state index contributed by atoms with van der Waals surface area (Å²) in [7, 11) is 1.36. The first-order valence-electron chi connectivity index (χ1n) is 9.44. The van der Waals surface area contributed by atoms with Crippen LogP contribution in [0.5, 0.6) is 5.75 Å². The predicted octanol–water partition coefficient (Wildman–Crippen LogP) is 4.73. The number of piperidine rings is 1. The number of amides is 1. The first-order chi connectivity index (χ1) is 14.0. The number of aromatic nitrogens is 1. The molecular weight excluding hydrogens is 397 g/mol. The van der Waals surface area contributed by atoms with Crippen molar-refractivity contribution in [1.29, 1.82) is 0 Å². The van der Waals surface area contributed by atoms with Crippen LogP contribution in [0.25, 0.3) is 11.1 Å². The van der Waals surface area contributed by atoms with Gasteiger partial charge in [0.1, 0.15) is 5.52 Å². The fourth-order valence-corrected chi connectivity index (χ4v) is 3.95. The predicted molar refractivity (Wildman–Crippen MR) is 109 cm³/mol. The van der Waals surface area contributed by atoms with Crippen molar-refractivity contribution in [2.24, 2.45) is 0 Å². The highest BCUT2D eigenvalue weighted by molar-refractivity contribution is 6.31. The molecule has 1 saturated heterocycles. The third kappa shape index (κ3) is 3.74. The standard InChI is InChI=1S/C21H21ClFN3O3/c1-12-16(24-21-25-17-11-13(22)8-9-18(17)29-21)7-4-10-26(12)20(27)14-5-3-6-15(23)19(14)28-2/h3,5-6,8-9,11-12,16H,4,7,10H2,1-2H3,(H,24,25). The summed E-state index contributed by atoms with van der Waals surface area (Å²) in [6, 6.07) is 9.80. The molecule has 0 bridgehead atoms. The highest BCUT2D eigenvalue weighted by atomic mass is 35.5. The van der Waals surface area contributed by atoms with Crippen molar-refractivity contribution in [2.75, 3.05) is 19.0 Å². The minimum atomic E-state index is -0.553. The zero-order valence-corrected chi connectivity index (χ0v) is 16.9. The molecule has 0 radical (unpaired) electrons. The number of nitrogens with zero attached hydrogens (tertiary/aromatic N) is 2. The first kappa shape index (κ1) is 19.5. The smallest absolute Gasteiger partial charge is 0.295 e. The number of halogens is 2. The molecule has 4 rings (SSSR count). The van der Waals surface area contributed by atoms with Crippen molar-refractivity contribution in [3.63, 3.8) is 0 Å². The zero-order chi connectivity index (χ0) is 20.5. The van der Waals surface area contributed by atoms with E-state index in [2.05, 4.69) is 10.3 Å². The molecule has 1 aliphatic heterocycles. The van der Waals surface area contributed by atoms with Crippen molar-refractivity contribution < 1.29 is 18.3 Å². The van der Waals surface area contributed by atoms with Crippen LogP contribution in [0.3, 0.4) is 0 Å². The van der Waals surface area contributed by atoms with Gasteiger partial charge < -0.3 is 19.4 Å². The molecule has 0 aliphatic carbocycles. The van der Waals surface area contributed by atoms with Crippen LogP contribution in [0, 0.1) is 5.82 Å². The van der Waals surface area contributed by atoms with E-state index in [-0.39, 0.29) is 29.3 Å². The van der Waals surface area contributed by atoms with Crippen molar-refractivity contribution in [3.8, 4) is 5.75 Å². The van der Waals surface area contributed by atoms with E-state index in [0.717, 1.165) is 12.8 Å². The molecule has 2 aromatic carbocycles. The molecule has 29 heavy (non-hydrogen) atoms.